The van der Waals surface area contributed by atoms with Crippen molar-refractivity contribution in [2.45, 2.75) is 223 Å². The van der Waals surface area contributed by atoms with Crippen LogP contribution >= 0.6 is 0 Å². The lowest BCUT2D eigenvalue weighted by Gasteiger charge is -2.40. The molecule has 1 rings (SSSR count). The zero-order chi connectivity index (χ0) is 36.8. The molecule has 1 heterocycles. The van der Waals surface area contributed by atoms with E-state index in [-0.39, 0.29) is 6.61 Å². The van der Waals surface area contributed by atoms with Crippen LogP contribution in [0.25, 0.3) is 0 Å². The van der Waals surface area contributed by atoms with Crippen LogP contribution in [0.5, 0.6) is 0 Å². The van der Waals surface area contributed by atoms with E-state index >= 15 is 0 Å². The lowest BCUT2D eigenvalue weighted by Crippen LogP contribution is -2.60. The Morgan fingerprint density at radius 1 is 0.680 bits per heavy atom. The van der Waals surface area contributed by atoms with E-state index in [1.54, 1.807) is 6.08 Å². The number of unbranched alkanes of at least 4 members (excludes halogenated alkanes) is 22. The predicted octanol–water partition coefficient (Wildman–Crippen LogP) is 6.36. The third kappa shape index (κ3) is 22.1. The number of aliphatic hydroxyl groups is 6. The van der Waals surface area contributed by atoms with Crippen LogP contribution in [0.1, 0.15) is 174 Å². The largest absolute Gasteiger partial charge is 0.394 e. The maximum atomic E-state index is 13.0. The molecular weight excluding hydrogens is 638 g/mol. The van der Waals surface area contributed by atoms with Gasteiger partial charge >= 0.3 is 0 Å². The van der Waals surface area contributed by atoms with Crippen molar-refractivity contribution in [2.24, 2.45) is 0 Å². The van der Waals surface area contributed by atoms with Crippen LogP contribution in [-0.2, 0) is 14.3 Å². The Hall–Kier alpha value is -1.11. The molecule has 0 aromatic carbocycles. The quantitative estimate of drug-likeness (QED) is 0.0302. The molecule has 0 saturated carbocycles. The molecule has 1 aliphatic heterocycles. The predicted molar refractivity (Wildman–Crippen MR) is 200 cm³/mol. The van der Waals surface area contributed by atoms with E-state index in [2.05, 4.69) is 19.2 Å². The summed E-state index contributed by atoms with van der Waals surface area (Å²) < 4.78 is 11.1. The van der Waals surface area contributed by atoms with Gasteiger partial charge in [-0.25, -0.2) is 0 Å². The average Bonchev–Trinajstić information content (AvgIpc) is 3.11. The van der Waals surface area contributed by atoms with Gasteiger partial charge in [0.15, 0.2) is 6.29 Å². The summed E-state index contributed by atoms with van der Waals surface area (Å²) in [5.41, 5.74) is 0. The van der Waals surface area contributed by atoms with Gasteiger partial charge in [-0.2, -0.15) is 0 Å². The van der Waals surface area contributed by atoms with Gasteiger partial charge < -0.3 is 45.4 Å². The van der Waals surface area contributed by atoms with E-state index < -0.39 is 61.5 Å². The summed E-state index contributed by atoms with van der Waals surface area (Å²) in [5, 5.41) is 64.3. The molecule has 1 amide bonds. The highest BCUT2D eigenvalue weighted by molar-refractivity contribution is 5.80. The minimum atomic E-state index is -1.60. The standard InChI is InChI=1S/C40H77NO9/c1-3-5-7-9-11-13-15-16-17-19-21-23-25-27-29-34(44)39(48)41-32(31-49-40-38(47)37(46)36(45)35(30-42)50-40)33(43)28-26-24-22-20-18-14-12-10-8-6-4-2/h26,28,32-38,40,42-47H,3-25,27,29-31H2,1-2H3,(H,41,48)/b28-26+/t32-,33+,34+,35+,36+,37-,38+,40+/m0/s1. The molecule has 0 aliphatic carbocycles. The van der Waals surface area contributed by atoms with Crippen molar-refractivity contribution >= 4 is 5.91 Å². The molecule has 0 spiro atoms. The average molecular weight is 716 g/mol. The van der Waals surface area contributed by atoms with E-state index in [1.165, 1.54) is 109 Å². The number of nitrogens with one attached hydrogen (secondary N) is 1. The molecule has 0 radical (unpaired) electrons. The number of amides is 1. The highest BCUT2D eigenvalue weighted by Gasteiger charge is 2.44. The van der Waals surface area contributed by atoms with Gasteiger partial charge in [-0.3, -0.25) is 4.79 Å². The molecule has 10 heteroatoms. The Kier molecular flexibility index (Phi) is 29.5. The number of hydrogen-bond acceptors (Lipinski definition) is 9. The van der Waals surface area contributed by atoms with E-state index in [1.807, 2.05) is 6.08 Å². The molecule has 8 atom stereocenters. The van der Waals surface area contributed by atoms with Crippen molar-refractivity contribution in [1.82, 2.24) is 5.32 Å². The van der Waals surface area contributed by atoms with Crippen LogP contribution in [0.15, 0.2) is 12.2 Å². The Bertz CT molecular complexity index is 814. The topological polar surface area (TPSA) is 169 Å². The van der Waals surface area contributed by atoms with Crippen molar-refractivity contribution in [3.63, 3.8) is 0 Å². The van der Waals surface area contributed by atoms with Crippen LogP contribution in [0.3, 0.4) is 0 Å². The minimum Gasteiger partial charge on any atom is -0.394 e. The smallest absolute Gasteiger partial charge is 0.249 e. The fourth-order valence-electron chi connectivity index (χ4n) is 6.51. The Morgan fingerprint density at radius 3 is 1.62 bits per heavy atom. The van der Waals surface area contributed by atoms with Gasteiger partial charge in [-0.1, -0.05) is 167 Å². The molecule has 1 fully saturated rings. The van der Waals surface area contributed by atoms with E-state index in [9.17, 15) is 35.4 Å². The normalized spacial score (nSPS) is 22.9. The summed E-state index contributed by atoms with van der Waals surface area (Å²) in [7, 11) is 0. The number of carbonyl (C=O) groups excluding carboxylic acids is 1. The Labute approximate surface area is 304 Å². The van der Waals surface area contributed by atoms with Gasteiger partial charge in [0.2, 0.25) is 5.91 Å². The van der Waals surface area contributed by atoms with Crippen molar-refractivity contribution in [2.75, 3.05) is 13.2 Å². The molecule has 1 aliphatic rings. The molecule has 0 unspecified atom stereocenters. The van der Waals surface area contributed by atoms with Gasteiger partial charge in [-0.15, -0.1) is 0 Å². The first-order valence-electron chi connectivity index (χ1n) is 20.5. The van der Waals surface area contributed by atoms with Gasteiger partial charge in [0.1, 0.15) is 30.5 Å². The molecular formula is C40H77NO9. The number of carbonyl (C=O) groups is 1. The fourth-order valence-corrected chi connectivity index (χ4v) is 6.51. The molecule has 296 valence electrons. The highest BCUT2D eigenvalue weighted by atomic mass is 16.7. The first-order chi connectivity index (χ1) is 24.3. The first kappa shape index (κ1) is 46.9. The maximum Gasteiger partial charge on any atom is 0.249 e. The van der Waals surface area contributed by atoms with Crippen LogP contribution in [0.4, 0.5) is 0 Å². The number of aliphatic hydroxyl groups excluding tert-OH is 6. The molecule has 50 heavy (non-hydrogen) atoms. The highest BCUT2D eigenvalue weighted by Crippen LogP contribution is 2.22. The van der Waals surface area contributed by atoms with Crippen LogP contribution in [-0.4, -0.2) is 98.7 Å². The van der Waals surface area contributed by atoms with E-state index in [0.717, 1.165) is 44.9 Å². The summed E-state index contributed by atoms with van der Waals surface area (Å²) in [6.45, 7) is 3.57. The summed E-state index contributed by atoms with van der Waals surface area (Å²) in [6.07, 6.45) is 23.0. The number of allylic oxidation sites excluding steroid dienone is 1. The summed E-state index contributed by atoms with van der Waals surface area (Å²) >= 11 is 0. The second kappa shape index (κ2) is 31.4. The van der Waals surface area contributed by atoms with Crippen LogP contribution in [0.2, 0.25) is 0 Å². The first-order valence-corrected chi connectivity index (χ1v) is 20.5. The van der Waals surface area contributed by atoms with E-state index in [4.69, 9.17) is 9.47 Å². The van der Waals surface area contributed by atoms with Crippen LogP contribution in [0, 0.1) is 0 Å². The number of hydrogen-bond donors (Lipinski definition) is 7. The third-order valence-corrected chi connectivity index (χ3v) is 9.97. The molecule has 10 nitrogen and oxygen atoms in total. The molecule has 0 aromatic rings. The fraction of sp³-hybridized carbons (Fsp3) is 0.925. The Balaban J connectivity index is 2.48. The Morgan fingerprint density at radius 2 is 1.14 bits per heavy atom. The number of ether oxygens (including phenoxy) is 2. The molecule has 0 aromatic heterocycles. The summed E-state index contributed by atoms with van der Waals surface area (Å²) in [5.74, 6) is -0.617. The van der Waals surface area contributed by atoms with Crippen LogP contribution < -0.4 is 5.32 Å². The third-order valence-electron chi connectivity index (χ3n) is 9.97. The monoisotopic (exact) mass is 716 g/mol. The second-order valence-corrected chi connectivity index (χ2v) is 14.6. The summed E-state index contributed by atoms with van der Waals surface area (Å²) in [6, 6.07) is -0.972. The lowest BCUT2D eigenvalue weighted by molar-refractivity contribution is -0.302. The van der Waals surface area contributed by atoms with Crippen molar-refractivity contribution in [3.8, 4) is 0 Å². The zero-order valence-corrected chi connectivity index (χ0v) is 31.8. The maximum absolute atomic E-state index is 13.0. The van der Waals surface area contributed by atoms with Crippen molar-refractivity contribution < 1.29 is 44.9 Å². The lowest BCUT2D eigenvalue weighted by atomic mass is 9.99. The van der Waals surface area contributed by atoms with E-state index in [0.29, 0.717) is 6.42 Å². The van der Waals surface area contributed by atoms with Gasteiger partial charge in [-0.05, 0) is 19.3 Å². The number of rotatable bonds is 33. The van der Waals surface area contributed by atoms with Gasteiger partial charge in [0.25, 0.3) is 0 Å². The summed E-state index contributed by atoms with van der Waals surface area (Å²) in [4.78, 5) is 13.0. The van der Waals surface area contributed by atoms with Crippen molar-refractivity contribution in [3.05, 3.63) is 12.2 Å². The second-order valence-electron chi connectivity index (χ2n) is 14.6. The van der Waals surface area contributed by atoms with Crippen molar-refractivity contribution in [1.29, 1.82) is 0 Å². The molecule has 1 saturated heterocycles. The molecule has 0 bridgehead atoms. The van der Waals surface area contributed by atoms with Gasteiger partial charge in [0, 0.05) is 0 Å². The zero-order valence-electron chi connectivity index (χ0n) is 31.8. The van der Waals surface area contributed by atoms with Gasteiger partial charge in [0.05, 0.1) is 25.4 Å². The molecule has 7 N–H and O–H groups in total. The minimum absolute atomic E-state index is 0.302. The SMILES string of the molecule is CCCCCCCCCCC/C=C/[C@@H](O)[C@H](CO[C@@H]1O[C@H](CO)[C@@H](O)[C@H](O)[C@H]1O)NC(=O)[C@H](O)CCCCCCCCCCCCCCCC.